The molecule has 0 spiro atoms. The lowest BCUT2D eigenvalue weighted by Gasteiger charge is -2.14. The molecule has 1 aromatic carbocycles. The van der Waals surface area contributed by atoms with Crippen LogP contribution in [0.3, 0.4) is 0 Å². The number of hydrogen-bond donors (Lipinski definition) is 2. The van der Waals surface area contributed by atoms with Crippen molar-refractivity contribution in [1.29, 1.82) is 0 Å². The van der Waals surface area contributed by atoms with Gasteiger partial charge in [-0.2, -0.15) is 0 Å². The normalized spacial score (nSPS) is 12.4. The molecule has 0 aliphatic heterocycles. The second kappa shape index (κ2) is 8.31. The van der Waals surface area contributed by atoms with Crippen molar-refractivity contribution in [3.05, 3.63) is 52.7 Å². The van der Waals surface area contributed by atoms with Gasteiger partial charge in [0.15, 0.2) is 9.84 Å². The first kappa shape index (κ1) is 20.6. The topological polar surface area (TPSA) is 115 Å². The quantitative estimate of drug-likeness (QED) is 0.531. The van der Waals surface area contributed by atoms with Crippen LogP contribution >= 0.6 is 0 Å². The van der Waals surface area contributed by atoms with Crippen molar-refractivity contribution in [2.75, 3.05) is 13.4 Å². The number of hydrogen-bond acceptors (Lipinski definition) is 6. The Morgan fingerprint density at radius 2 is 1.96 bits per heavy atom. The Bertz CT molecular complexity index is 985. The van der Waals surface area contributed by atoms with E-state index in [9.17, 15) is 22.4 Å². The van der Waals surface area contributed by atoms with Gasteiger partial charge in [-0.3, -0.25) is 14.8 Å². The van der Waals surface area contributed by atoms with Gasteiger partial charge in [0, 0.05) is 30.6 Å². The van der Waals surface area contributed by atoms with E-state index in [2.05, 4.69) is 0 Å². The molecular weight excluding hydrogens is 379 g/mol. The van der Waals surface area contributed by atoms with Gasteiger partial charge in [-0.05, 0) is 24.1 Å². The molecule has 2 N–H and O–H groups in total. The molecule has 0 saturated carbocycles. The van der Waals surface area contributed by atoms with Gasteiger partial charge >= 0.3 is 0 Å². The van der Waals surface area contributed by atoms with Gasteiger partial charge in [0.25, 0.3) is 11.5 Å². The summed E-state index contributed by atoms with van der Waals surface area (Å²) in [5, 5.41) is 7.11. The average Bonchev–Trinajstić information content (AvgIpc) is 2.63. The molecule has 1 amide bonds. The van der Waals surface area contributed by atoms with Gasteiger partial charge in [0.1, 0.15) is 16.8 Å². The highest BCUT2D eigenvalue weighted by Crippen LogP contribution is 2.23. The maximum Gasteiger partial charge on any atom is 0.261 e. The number of carbonyl (C=O) groups excluding carboxylic acids is 1. The number of hydroxylamine groups is 1. The zero-order chi connectivity index (χ0) is 20.2. The molecule has 0 unspecified atom stereocenters. The van der Waals surface area contributed by atoms with Crippen molar-refractivity contribution < 1.29 is 27.5 Å². The molecule has 0 saturated heterocycles. The van der Waals surface area contributed by atoms with Crippen LogP contribution in [-0.4, -0.2) is 42.7 Å². The summed E-state index contributed by atoms with van der Waals surface area (Å²) in [5.74, 6) is -1.20. The van der Waals surface area contributed by atoms with Crippen molar-refractivity contribution >= 4 is 15.7 Å². The molecule has 0 aliphatic carbocycles. The van der Waals surface area contributed by atoms with Gasteiger partial charge in [-0.25, -0.2) is 18.3 Å². The Hall–Kier alpha value is -2.72. The molecular formula is C17H19FN2O6S. The zero-order valence-electron chi connectivity index (χ0n) is 14.7. The first-order valence-electron chi connectivity index (χ1n) is 7.84. The summed E-state index contributed by atoms with van der Waals surface area (Å²) in [4.78, 5) is 23.8. The number of benzene rings is 1. The van der Waals surface area contributed by atoms with Crippen LogP contribution in [0.4, 0.5) is 4.39 Å². The number of nitrogens with zero attached hydrogens (tertiary/aromatic N) is 1. The molecule has 1 heterocycles. The van der Waals surface area contributed by atoms with Gasteiger partial charge < -0.3 is 9.30 Å². The Morgan fingerprint density at radius 1 is 1.33 bits per heavy atom. The standard InChI is InChI=1S/C17H19FN2O6S/c1-26-12-5-3-11(4-6-12)13-9-16(21)20(10-14(13)18)8-7-15(17(22)19-23)27(2,24)25/h3-6,9-10,15,23H,7-8H2,1-2H3,(H,19,22)/t15-/m1/s1. The van der Waals surface area contributed by atoms with Crippen LogP contribution in [0.25, 0.3) is 11.1 Å². The van der Waals surface area contributed by atoms with Gasteiger partial charge in [-0.15, -0.1) is 0 Å². The number of carbonyl (C=O) groups is 1. The highest BCUT2D eigenvalue weighted by atomic mass is 32.2. The fourth-order valence-corrected chi connectivity index (χ4v) is 3.55. The van der Waals surface area contributed by atoms with Crippen molar-refractivity contribution in [3.63, 3.8) is 0 Å². The van der Waals surface area contributed by atoms with E-state index in [0.717, 1.165) is 23.1 Å². The lowest BCUT2D eigenvalue weighted by molar-refractivity contribution is -0.128. The first-order chi connectivity index (χ1) is 12.7. The van der Waals surface area contributed by atoms with Crippen LogP contribution in [-0.2, 0) is 21.2 Å². The minimum absolute atomic E-state index is 0.0895. The van der Waals surface area contributed by atoms with E-state index in [4.69, 9.17) is 9.94 Å². The molecule has 0 fully saturated rings. The fourth-order valence-electron chi connectivity index (χ4n) is 2.58. The van der Waals surface area contributed by atoms with E-state index >= 15 is 0 Å². The number of methoxy groups -OCH3 is 1. The second-order valence-corrected chi connectivity index (χ2v) is 8.11. The van der Waals surface area contributed by atoms with E-state index in [-0.39, 0.29) is 18.5 Å². The molecule has 27 heavy (non-hydrogen) atoms. The lowest BCUT2D eigenvalue weighted by atomic mass is 10.1. The van der Waals surface area contributed by atoms with Crippen LogP contribution < -0.4 is 15.8 Å². The Labute approximate surface area is 155 Å². The van der Waals surface area contributed by atoms with Gasteiger partial charge in [0.05, 0.1) is 7.11 Å². The number of pyridine rings is 1. The minimum atomic E-state index is -3.82. The van der Waals surface area contributed by atoms with Crippen molar-refractivity contribution in [1.82, 2.24) is 10.0 Å². The highest BCUT2D eigenvalue weighted by Gasteiger charge is 2.28. The van der Waals surface area contributed by atoms with E-state index < -0.39 is 32.4 Å². The SMILES string of the molecule is COc1ccc(-c2cc(=O)n(CC[C@H](C(=O)NO)S(C)(=O)=O)cc2F)cc1. The molecule has 10 heteroatoms. The number of aryl methyl sites for hydroxylation is 1. The third-order valence-electron chi connectivity index (χ3n) is 4.03. The molecule has 1 aromatic heterocycles. The van der Waals surface area contributed by atoms with E-state index in [1.807, 2.05) is 0 Å². The summed E-state index contributed by atoms with van der Waals surface area (Å²) in [7, 11) is -2.32. The van der Waals surface area contributed by atoms with Crippen molar-refractivity contribution in [3.8, 4) is 16.9 Å². The Kier molecular flexibility index (Phi) is 6.34. The van der Waals surface area contributed by atoms with E-state index in [1.54, 1.807) is 24.3 Å². The monoisotopic (exact) mass is 398 g/mol. The molecule has 1 atom stereocenters. The molecule has 0 aliphatic rings. The summed E-state index contributed by atoms with van der Waals surface area (Å²) in [6.07, 6.45) is 1.49. The third kappa shape index (κ3) is 4.92. The number of ether oxygens (including phenoxy) is 1. The van der Waals surface area contributed by atoms with Crippen molar-refractivity contribution in [2.45, 2.75) is 18.2 Å². The number of nitrogens with one attached hydrogen (secondary N) is 1. The van der Waals surface area contributed by atoms with Gasteiger partial charge in [-0.1, -0.05) is 12.1 Å². The first-order valence-corrected chi connectivity index (χ1v) is 9.80. The number of aromatic nitrogens is 1. The predicted molar refractivity (Wildman–Crippen MR) is 95.8 cm³/mol. The van der Waals surface area contributed by atoms with Crippen LogP contribution in [0.1, 0.15) is 6.42 Å². The highest BCUT2D eigenvalue weighted by molar-refractivity contribution is 7.92. The summed E-state index contributed by atoms with van der Waals surface area (Å²) in [6, 6.07) is 7.56. The summed E-state index contributed by atoms with van der Waals surface area (Å²) in [6.45, 7) is -0.218. The summed E-state index contributed by atoms with van der Waals surface area (Å²) >= 11 is 0. The van der Waals surface area contributed by atoms with E-state index in [1.165, 1.54) is 12.6 Å². The van der Waals surface area contributed by atoms with Crippen LogP contribution in [0.2, 0.25) is 0 Å². The second-order valence-electron chi connectivity index (χ2n) is 5.88. The van der Waals surface area contributed by atoms with Gasteiger partial charge in [0.2, 0.25) is 0 Å². The Balaban J connectivity index is 2.28. The summed E-state index contributed by atoms with van der Waals surface area (Å²) in [5.41, 5.74) is 1.29. The number of sulfone groups is 1. The number of rotatable bonds is 7. The van der Waals surface area contributed by atoms with Crippen LogP contribution in [0.5, 0.6) is 5.75 Å². The lowest BCUT2D eigenvalue weighted by Crippen LogP contribution is -2.39. The third-order valence-corrected chi connectivity index (χ3v) is 5.51. The maximum atomic E-state index is 14.5. The van der Waals surface area contributed by atoms with Crippen molar-refractivity contribution in [2.24, 2.45) is 0 Å². The smallest absolute Gasteiger partial charge is 0.261 e. The minimum Gasteiger partial charge on any atom is -0.497 e. The molecule has 0 bridgehead atoms. The fraction of sp³-hybridized carbons (Fsp3) is 0.294. The molecule has 0 radical (unpaired) electrons. The molecule has 2 rings (SSSR count). The molecule has 146 valence electrons. The van der Waals surface area contributed by atoms with Crippen LogP contribution in [0.15, 0.2) is 41.3 Å². The largest absolute Gasteiger partial charge is 0.497 e. The molecule has 2 aromatic rings. The Morgan fingerprint density at radius 3 is 2.48 bits per heavy atom. The average molecular weight is 398 g/mol. The van der Waals surface area contributed by atoms with E-state index in [0.29, 0.717) is 11.3 Å². The summed E-state index contributed by atoms with van der Waals surface area (Å²) < 4.78 is 43.8. The number of amides is 1. The predicted octanol–water partition coefficient (Wildman–Crippen LogP) is 0.972. The number of halogens is 1. The molecule has 8 nitrogen and oxygen atoms in total. The zero-order valence-corrected chi connectivity index (χ0v) is 15.5. The van der Waals surface area contributed by atoms with Crippen LogP contribution in [0, 0.1) is 5.82 Å². The maximum absolute atomic E-state index is 14.5.